The second kappa shape index (κ2) is 13.7. The summed E-state index contributed by atoms with van der Waals surface area (Å²) in [5.41, 5.74) is 23.1. The monoisotopic (exact) mass is 768 g/mol. The Kier molecular flexibility index (Phi) is 8.22. The summed E-state index contributed by atoms with van der Waals surface area (Å²) in [5, 5.41) is 0. The third kappa shape index (κ3) is 5.86. The molecule has 0 N–H and O–H groups in total. The molecule has 0 amide bonds. The number of fused-ring (bicyclic) bond motifs is 6. The molecule has 0 bridgehead atoms. The van der Waals surface area contributed by atoms with Crippen LogP contribution in [0.4, 0.5) is 0 Å². The van der Waals surface area contributed by atoms with Crippen molar-refractivity contribution in [2.75, 3.05) is 0 Å². The lowest BCUT2D eigenvalue weighted by atomic mass is 9.79. The number of hydrogen-bond acceptors (Lipinski definition) is 2. The first-order chi connectivity index (χ1) is 29.2. The average molecular weight is 769 g/mol. The Morgan fingerprint density at radius 3 is 1.33 bits per heavy atom. The Labute approximate surface area is 353 Å². The predicted molar refractivity (Wildman–Crippen MR) is 250 cm³/mol. The largest absolute Gasteiger partial charge is 0.228 e. The molecule has 1 aromatic heterocycles. The molecule has 0 fully saturated rings. The Balaban J connectivity index is 0.920. The normalized spacial score (nSPS) is 13.9. The van der Waals surface area contributed by atoms with Crippen LogP contribution in [0.15, 0.2) is 194 Å². The Morgan fingerprint density at radius 2 is 0.683 bits per heavy atom. The van der Waals surface area contributed by atoms with Crippen LogP contribution < -0.4 is 0 Å². The highest BCUT2D eigenvalue weighted by molar-refractivity contribution is 5.91. The van der Waals surface area contributed by atoms with E-state index in [0.29, 0.717) is 5.82 Å². The molecule has 2 nitrogen and oxygen atoms in total. The average Bonchev–Trinajstić information content (AvgIpc) is 3.67. The zero-order valence-corrected chi connectivity index (χ0v) is 34.4. The third-order valence-electron chi connectivity index (χ3n) is 13.1. The lowest BCUT2D eigenvalue weighted by Gasteiger charge is -2.24. The highest BCUT2D eigenvalue weighted by Crippen LogP contribution is 2.56. The van der Waals surface area contributed by atoms with Gasteiger partial charge < -0.3 is 0 Å². The van der Waals surface area contributed by atoms with Gasteiger partial charge in [-0.05, 0) is 108 Å². The molecule has 0 saturated carbocycles. The van der Waals surface area contributed by atoms with Gasteiger partial charge in [-0.1, -0.05) is 191 Å². The van der Waals surface area contributed by atoms with Crippen LogP contribution in [-0.4, -0.2) is 9.97 Å². The van der Waals surface area contributed by atoms with E-state index < -0.39 is 0 Å². The highest BCUT2D eigenvalue weighted by atomic mass is 14.9. The minimum Gasteiger partial charge on any atom is -0.228 e. The van der Waals surface area contributed by atoms with Crippen LogP contribution in [0.5, 0.6) is 0 Å². The molecule has 1 heterocycles. The highest BCUT2D eigenvalue weighted by Gasteiger charge is 2.41. The lowest BCUT2D eigenvalue weighted by molar-refractivity contribution is 0.652. The van der Waals surface area contributed by atoms with Gasteiger partial charge in [0.1, 0.15) is 0 Å². The van der Waals surface area contributed by atoms with Gasteiger partial charge in [-0.3, -0.25) is 0 Å². The summed E-state index contributed by atoms with van der Waals surface area (Å²) in [4.78, 5) is 10.2. The first-order valence-corrected chi connectivity index (χ1v) is 21.0. The van der Waals surface area contributed by atoms with Gasteiger partial charge in [0.25, 0.3) is 0 Å². The number of benzene rings is 8. The van der Waals surface area contributed by atoms with Gasteiger partial charge in [0.2, 0.25) is 0 Å². The van der Waals surface area contributed by atoms with Gasteiger partial charge >= 0.3 is 0 Å². The standard InChI is InChI=1S/C58H44N2/c1-57(2)50-21-12-11-20-46(50)48-34-53-49(35-52(48)57)47-33-44(30-31-51(47)58(53,3)4)40-24-22-39(23-25-40)43-18-13-19-45(32-43)55-36-54(59-56(60-55)42-16-9-6-10-17-42)41-28-26-38(27-29-41)37-14-7-5-8-15-37/h5-36H,1-4H3. The Morgan fingerprint density at radius 1 is 0.267 bits per heavy atom. The number of aromatic nitrogens is 2. The molecule has 2 aliphatic rings. The molecular formula is C58H44N2. The van der Waals surface area contributed by atoms with Gasteiger partial charge in [-0.2, -0.15) is 0 Å². The molecule has 2 aliphatic carbocycles. The van der Waals surface area contributed by atoms with Gasteiger partial charge in [0.15, 0.2) is 5.82 Å². The van der Waals surface area contributed by atoms with Crippen molar-refractivity contribution in [3.63, 3.8) is 0 Å². The van der Waals surface area contributed by atoms with E-state index in [-0.39, 0.29) is 10.8 Å². The zero-order valence-electron chi connectivity index (χ0n) is 34.4. The molecule has 2 heteroatoms. The smallest absolute Gasteiger partial charge is 0.160 e. The predicted octanol–water partition coefficient (Wildman–Crippen LogP) is 15.1. The molecule has 8 aromatic carbocycles. The molecule has 0 saturated heterocycles. The van der Waals surface area contributed by atoms with Crippen molar-refractivity contribution in [2.24, 2.45) is 0 Å². The van der Waals surface area contributed by atoms with Crippen molar-refractivity contribution in [3.8, 4) is 89.5 Å². The summed E-state index contributed by atoms with van der Waals surface area (Å²) in [5.74, 6) is 0.712. The van der Waals surface area contributed by atoms with Crippen molar-refractivity contribution < 1.29 is 0 Å². The van der Waals surface area contributed by atoms with Crippen molar-refractivity contribution in [3.05, 3.63) is 216 Å². The van der Waals surface area contributed by atoms with E-state index in [4.69, 9.17) is 9.97 Å². The van der Waals surface area contributed by atoms with Crippen LogP contribution in [0, 0.1) is 0 Å². The van der Waals surface area contributed by atoms with E-state index in [1.165, 1.54) is 72.3 Å². The molecule has 9 aromatic rings. The van der Waals surface area contributed by atoms with Crippen molar-refractivity contribution in [2.45, 2.75) is 38.5 Å². The number of rotatable bonds is 6. The summed E-state index contributed by atoms with van der Waals surface area (Å²) >= 11 is 0. The maximum Gasteiger partial charge on any atom is 0.160 e. The van der Waals surface area contributed by atoms with Crippen LogP contribution in [0.1, 0.15) is 49.9 Å². The van der Waals surface area contributed by atoms with E-state index in [0.717, 1.165) is 33.6 Å². The van der Waals surface area contributed by atoms with E-state index in [1.807, 2.05) is 24.3 Å². The summed E-state index contributed by atoms with van der Waals surface area (Å²) < 4.78 is 0. The first kappa shape index (κ1) is 36.0. The fourth-order valence-corrected chi connectivity index (χ4v) is 9.76. The Hall–Kier alpha value is -7.16. The van der Waals surface area contributed by atoms with E-state index in [1.54, 1.807) is 0 Å². The van der Waals surface area contributed by atoms with E-state index in [9.17, 15) is 0 Å². The van der Waals surface area contributed by atoms with Gasteiger partial charge in [-0.25, -0.2) is 9.97 Å². The fraction of sp³-hybridized carbons (Fsp3) is 0.103. The van der Waals surface area contributed by atoms with Crippen LogP contribution in [0.2, 0.25) is 0 Å². The maximum absolute atomic E-state index is 5.13. The molecule has 0 radical (unpaired) electrons. The summed E-state index contributed by atoms with van der Waals surface area (Å²) in [7, 11) is 0. The topological polar surface area (TPSA) is 25.8 Å². The van der Waals surface area contributed by atoms with Crippen LogP contribution >= 0.6 is 0 Å². The van der Waals surface area contributed by atoms with Gasteiger partial charge in [0.05, 0.1) is 11.4 Å². The first-order valence-electron chi connectivity index (χ1n) is 21.0. The summed E-state index contributed by atoms with van der Waals surface area (Å²) in [6.07, 6.45) is 0. The van der Waals surface area contributed by atoms with Gasteiger partial charge in [0, 0.05) is 27.5 Å². The molecule has 60 heavy (non-hydrogen) atoms. The van der Waals surface area contributed by atoms with Crippen LogP contribution in [0.25, 0.3) is 89.5 Å². The third-order valence-corrected chi connectivity index (χ3v) is 13.1. The lowest BCUT2D eigenvalue weighted by Crippen LogP contribution is -2.16. The SMILES string of the molecule is CC1(C)c2ccccc2-c2cc3c(cc21)-c1cc(-c2ccc(-c4cccc(-c5cc(-c6ccc(-c7ccccc7)cc6)nc(-c6ccccc6)n5)c4)cc2)ccc1C3(C)C. The van der Waals surface area contributed by atoms with Crippen LogP contribution in [0.3, 0.4) is 0 Å². The van der Waals surface area contributed by atoms with Crippen molar-refractivity contribution >= 4 is 0 Å². The minimum atomic E-state index is -0.0753. The van der Waals surface area contributed by atoms with Gasteiger partial charge in [-0.15, -0.1) is 0 Å². The number of nitrogens with zero attached hydrogens (tertiary/aromatic N) is 2. The molecule has 286 valence electrons. The van der Waals surface area contributed by atoms with Crippen molar-refractivity contribution in [1.82, 2.24) is 9.97 Å². The number of hydrogen-bond donors (Lipinski definition) is 0. The summed E-state index contributed by atoms with van der Waals surface area (Å²) in [6, 6.07) is 70.3. The fourth-order valence-electron chi connectivity index (χ4n) is 9.76. The second-order valence-electron chi connectivity index (χ2n) is 17.4. The van der Waals surface area contributed by atoms with Crippen LogP contribution in [-0.2, 0) is 10.8 Å². The Bertz CT molecular complexity index is 3100. The molecule has 0 aliphatic heterocycles. The maximum atomic E-state index is 5.13. The molecule has 0 atom stereocenters. The molecule has 0 unspecified atom stereocenters. The van der Waals surface area contributed by atoms with Crippen molar-refractivity contribution in [1.29, 1.82) is 0 Å². The molecule has 11 rings (SSSR count). The van der Waals surface area contributed by atoms with E-state index in [2.05, 4.69) is 198 Å². The molecule has 0 spiro atoms. The summed E-state index contributed by atoms with van der Waals surface area (Å²) in [6.45, 7) is 9.51. The second-order valence-corrected chi connectivity index (χ2v) is 17.4. The minimum absolute atomic E-state index is 0.0341. The zero-order chi connectivity index (χ0) is 40.6. The quantitative estimate of drug-likeness (QED) is 0.168. The van der Waals surface area contributed by atoms with E-state index >= 15 is 0 Å². The molecular weight excluding hydrogens is 725 g/mol.